The van der Waals surface area contributed by atoms with Gasteiger partial charge in [0.1, 0.15) is 0 Å². The van der Waals surface area contributed by atoms with Crippen molar-refractivity contribution in [3.8, 4) is 21.7 Å². The minimum atomic E-state index is -0.187. The monoisotopic (exact) mass is 433 g/mol. The van der Waals surface area contributed by atoms with Gasteiger partial charge in [0.15, 0.2) is 5.13 Å². The minimum Gasteiger partial charge on any atom is -0.351 e. The van der Waals surface area contributed by atoms with Gasteiger partial charge in [0.25, 0.3) is 5.91 Å². The van der Waals surface area contributed by atoms with E-state index in [0.29, 0.717) is 17.2 Å². The summed E-state index contributed by atoms with van der Waals surface area (Å²) < 4.78 is 0. The van der Waals surface area contributed by atoms with Crippen molar-refractivity contribution in [3.05, 3.63) is 82.6 Å². The van der Waals surface area contributed by atoms with E-state index in [2.05, 4.69) is 15.6 Å². The Kier molecular flexibility index (Phi) is 6.02. The highest BCUT2D eigenvalue weighted by atomic mass is 32.1. The van der Waals surface area contributed by atoms with Crippen molar-refractivity contribution in [1.29, 1.82) is 0 Å². The molecule has 0 fully saturated rings. The maximum atomic E-state index is 12.6. The van der Waals surface area contributed by atoms with Crippen molar-refractivity contribution < 1.29 is 9.59 Å². The topological polar surface area (TPSA) is 71.1 Å². The van der Waals surface area contributed by atoms with Crippen LogP contribution in [0.5, 0.6) is 0 Å². The number of nitrogens with zero attached hydrogens (tertiary/aromatic N) is 1. The standard InChI is InChI=1S/C23H19N3O2S2/c1-15(27)24-13-19-11-12-21(30-19)20-14-29-23(25-20)26-22(28)18-9-7-17(8-10-18)16-5-3-2-4-6-16/h2-12,14H,13H2,1H3,(H,24,27)(H,25,26,28). The first-order valence-corrected chi connectivity index (χ1v) is 11.0. The van der Waals surface area contributed by atoms with Crippen LogP contribution < -0.4 is 10.6 Å². The quantitative estimate of drug-likeness (QED) is 0.426. The van der Waals surface area contributed by atoms with E-state index in [1.165, 1.54) is 18.3 Å². The fourth-order valence-electron chi connectivity index (χ4n) is 2.88. The Bertz CT molecular complexity index is 1160. The first-order valence-electron chi connectivity index (χ1n) is 9.34. The van der Waals surface area contributed by atoms with Crippen LogP contribution in [0.15, 0.2) is 72.1 Å². The summed E-state index contributed by atoms with van der Waals surface area (Å²) in [5.74, 6) is -0.242. The normalized spacial score (nSPS) is 10.6. The lowest BCUT2D eigenvalue weighted by Gasteiger charge is -2.04. The molecule has 0 saturated carbocycles. The molecule has 2 aromatic carbocycles. The highest BCUT2D eigenvalue weighted by molar-refractivity contribution is 7.17. The van der Waals surface area contributed by atoms with E-state index in [1.807, 2.05) is 72.1 Å². The highest BCUT2D eigenvalue weighted by Crippen LogP contribution is 2.31. The number of amides is 2. The van der Waals surface area contributed by atoms with Crippen LogP contribution >= 0.6 is 22.7 Å². The van der Waals surface area contributed by atoms with Crippen LogP contribution in [0.2, 0.25) is 0 Å². The van der Waals surface area contributed by atoms with E-state index in [4.69, 9.17) is 0 Å². The molecule has 0 aliphatic rings. The van der Waals surface area contributed by atoms with Gasteiger partial charge in [0.2, 0.25) is 5.91 Å². The summed E-state index contributed by atoms with van der Waals surface area (Å²) in [4.78, 5) is 30.2. The van der Waals surface area contributed by atoms with Gasteiger partial charge < -0.3 is 5.32 Å². The molecule has 0 aliphatic heterocycles. The number of aromatic nitrogens is 1. The summed E-state index contributed by atoms with van der Waals surface area (Å²) in [6.45, 7) is 2.01. The number of benzene rings is 2. The Morgan fingerprint density at radius 1 is 0.933 bits per heavy atom. The van der Waals surface area contributed by atoms with Gasteiger partial charge in [-0.05, 0) is 35.4 Å². The summed E-state index contributed by atoms with van der Waals surface area (Å²) in [5.41, 5.74) is 3.58. The van der Waals surface area contributed by atoms with Crippen molar-refractivity contribution in [2.24, 2.45) is 0 Å². The van der Waals surface area contributed by atoms with Gasteiger partial charge >= 0.3 is 0 Å². The molecule has 2 N–H and O–H groups in total. The fourth-order valence-corrected chi connectivity index (χ4v) is 4.57. The van der Waals surface area contributed by atoms with Crippen molar-refractivity contribution in [1.82, 2.24) is 10.3 Å². The second kappa shape index (κ2) is 9.02. The lowest BCUT2D eigenvalue weighted by Crippen LogP contribution is -2.17. The number of hydrogen-bond donors (Lipinski definition) is 2. The lowest BCUT2D eigenvalue weighted by molar-refractivity contribution is -0.119. The zero-order chi connectivity index (χ0) is 20.9. The van der Waals surface area contributed by atoms with Crippen molar-refractivity contribution in [3.63, 3.8) is 0 Å². The van der Waals surface area contributed by atoms with E-state index < -0.39 is 0 Å². The van der Waals surface area contributed by atoms with Crippen LogP contribution in [-0.2, 0) is 11.3 Å². The third kappa shape index (κ3) is 4.82. The van der Waals surface area contributed by atoms with Crippen LogP contribution in [0, 0.1) is 0 Å². The van der Waals surface area contributed by atoms with Gasteiger partial charge in [-0.1, -0.05) is 42.5 Å². The Balaban J connectivity index is 1.41. The Morgan fingerprint density at radius 2 is 1.67 bits per heavy atom. The SMILES string of the molecule is CC(=O)NCc1ccc(-c2csc(NC(=O)c3ccc(-c4ccccc4)cc3)n2)s1. The van der Waals surface area contributed by atoms with Gasteiger partial charge in [0.05, 0.1) is 17.1 Å². The number of thiophene rings is 1. The number of carbonyl (C=O) groups is 2. The predicted molar refractivity (Wildman–Crippen MR) is 123 cm³/mol. The second-order valence-electron chi connectivity index (χ2n) is 6.61. The summed E-state index contributed by atoms with van der Waals surface area (Å²) >= 11 is 2.96. The van der Waals surface area contributed by atoms with Crippen LogP contribution in [0.1, 0.15) is 22.2 Å². The highest BCUT2D eigenvalue weighted by Gasteiger charge is 2.12. The van der Waals surface area contributed by atoms with E-state index >= 15 is 0 Å². The molecule has 0 unspecified atom stereocenters. The molecule has 150 valence electrons. The van der Waals surface area contributed by atoms with Gasteiger partial charge in [-0.15, -0.1) is 22.7 Å². The Labute approximate surface area is 182 Å². The number of thiazole rings is 1. The zero-order valence-corrected chi connectivity index (χ0v) is 17.8. The van der Waals surface area contributed by atoms with Gasteiger partial charge in [-0.3, -0.25) is 14.9 Å². The maximum absolute atomic E-state index is 12.6. The Hall–Kier alpha value is -3.29. The van der Waals surface area contributed by atoms with Gasteiger partial charge in [0, 0.05) is 22.7 Å². The molecule has 0 bridgehead atoms. The smallest absolute Gasteiger partial charge is 0.257 e. The first kappa shape index (κ1) is 20.0. The molecule has 30 heavy (non-hydrogen) atoms. The molecular weight excluding hydrogens is 414 g/mol. The molecule has 4 rings (SSSR count). The van der Waals surface area contributed by atoms with Crippen molar-refractivity contribution in [2.75, 3.05) is 5.32 Å². The molecule has 2 heterocycles. The molecule has 0 saturated heterocycles. The fraction of sp³-hybridized carbons (Fsp3) is 0.0870. The molecule has 4 aromatic rings. The summed E-state index contributed by atoms with van der Waals surface area (Å²) in [7, 11) is 0. The summed E-state index contributed by atoms with van der Waals surface area (Å²) in [6, 6.07) is 21.5. The van der Waals surface area contributed by atoms with Gasteiger partial charge in [-0.25, -0.2) is 4.98 Å². The lowest BCUT2D eigenvalue weighted by atomic mass is 10.0. The van der Waals surface area contributed by atoms with E-state index in [0.717, 1.165) is 26.6 Å². The number of nitrogens with one attached hydrogen (secondary N) is 2. The third-order valence-electron chi connectivity index (χ3n) is 4.40. The molecule has 0 aliphatic carbocycles. The molecule has 7 heteroatoms. The van der Waals surface area contributed by atoms with Crippen molar-refractivity contribution in [2.45, 2.75) is 13.5 Å². The number of hydrogen-bond acceptors (Lipinski definition) is 5. The average molecular weight is 434 g/mol. The van der Waals surface area contributed by atoms with E-state index in [1.54, 1.807) is 11.3 Å². The van der Waals surface area contributed by atoms with Crippen LogP contribution in [0.3, 0.4) is 0 Å². The Morgan fingerprint density at radius 3 is 2.40 bits per heavy atom. The molecule has 2 aromatic heterocycles. The molecule has 0 atom stereocenters. The van der Waals surface area contributed by atoms with Crippen LogP contribution in [0.4, 0.5) is 5.13 Å². The largest absolute Gasteiger partial charge is 0.351 e. The van der Waals surface area contributed by atoms with Crippen LogP contribution in [-0.4, -0.2) is 16.8 Å². The maximum Gasteiger partial charge on any atom is 0.257 e. The third-order valence-corrected chi connectivity index (χ3v) is 6.27. The number of carbonyl (C=O) groups excluding carboxylic acids is 2. The van der Waals surface area contributed by atoms with Crippen LogP contribution in [0.25, 0.3) is 21.7 Å². The predicted octanol–water partition coefficient (Wildman–Crippen LogP) is 5.43. The average Bonchev–Trinajstić information content (AvgIpc) is 3.42. The summed E-state index contributed by atoms with van der Waals surface area (Å²) in [6.07, 6.45) is 0. The number of anilines is 1. The second-order valence-corrected chi connectivity index (χ2v) is 8.64. The molecule has 0 radical (unpaired) electrons. The van der Waals surface area contributed by atoms with E-state index in [9.17, 15) is 9.59 Å². The summed E-state index contributed by atoms with van der Waals surface area (Å²) in [5, 5.41) is 8.13. The molecule has 2 amide bonds. The van der Waals surface area contributed by atoms with E-state index in [-0.39, 0.29) is 11.8 Å². The zero-order valence-electron chi connectivity index (χ0n) is 16.2. The molecular formula is C23H19N3O2S2. The minimum absolute atomic E-state index is 0.0552. The molecule has 0 spiro atoms. The van der Waals surface area contributed by atoms with Gasteiger partial charge in [-0.2, -0.15) is 0 Å². The first-order chi connectivity index (χ1) is 14.6. The molecule has 5 nitrogen and oxygen atoms in total. The number of rotatable bonds is 6. The van der Waals surface area contributed by atoms with Crippen molar-refractivity contribution >= 4 is 39.6 Å².